The van der Waals surface area contributed by atoms with Crippen molar-refractivity contribution < 1.29 is 19.4 Å². The molecule has 4 aromatic rings. The lowest BCUT2D eigenvalue weighted by molar-refractivity contribution is -0.160. The van der Waals surface area contributed by atoms with E-state index in [9.17, 15) is 9.90 Å². The number of aliphatic carboxylic acids is 1. The van der Waals surface area contributed by atoms with Crippen LogP contribution in [0.15, 0.2) is 47.6 Å². The molecule has 2 aliphatic rings. The number of aryl methyl sites for hydroxylation is 1. The Morgan fingerprint density at radius 1 is 1.21 bits per heavy atom. The van der Waals surface area contributed by atoms with E-state index in [1.54, 1.807) is 0 Å². The highest BCUT2D eigenvalue weighted by atomic mass is 16.5. The lowest BCUT2D eigenvalue weighted by Gasteiger charge is -2.29. The number of benzene rings is 2. The summed E-state index contributed by atoms with van der Waals surface area (Å²) in [7, 11) is 1.99. The van der Waals surface area contributed by atoms with Crippen LogP contribution in [0, 0.1) is 6.92 Å². The van der Waals surface area contributed by atoms with Crippen LogP contribution in [0.5, 0.6) is 5.75 Å². The molecule has 39 heavy (non-hydrogen) atoms. The summed E-state index contributed by atoms with van der Waals surface area (Å²) in [4.78, 5) is 29.2. The number of carboxylic acids is 1. The monoisotopic (exact) mass is 524 g/mol. The number of aromatic nitrogens is 2. The van der Waals surface area contributed by atoms with E-state index in [1.165, 1.54) is 5.56 Å². The molecule has 0 radical (unpaired) electrons. The SMILES string of the molecule is Cc1cc2nc(C3CN(C)C=N3)ccc2c(-c2ccc3c4c(ccnc24)CCO3)c1[C@H](OC(C)(C)C)C(=O)O. The summed E-state index contributed by atoms with van der Waals surface area (Å²) < 4.78 is 12.2. The molecule has 2 aliphatic heterocycles. The minimum Gasteiger partial charge on any atom is -0.493 e. The summed E-state index contributed by atoms with van der Waals surface area (Å²) >= 11 is 0. The Kier molecular flexibility index (Phi) is 6.03. The molecule has 2 atom stereocenters. The smallest absolute Gasteiger partial charge is 0.337 e. The maximum Gasteiger partial charge on any atom is 0.337 e. The van der Waals surface area contributed by atoms with Crippen LogP contribution in [-0.2, 0) is 16.0 Å². The predicted octanol–water partition coefficient (Wildman–Crippen LogP) is 5.65. The van der Waals surface area contributed by atoms with Crippen molar-refractivity contribution in [2.24, 2.45) is 4.99 Å². The summed E-state index contributed by atoms with van der Waals surface area (Å²) in [6.45, 7) is 8.92. The average Bonchev–Trinajstić information content (AvgIpc) is 3.33. The minimum atomic E-state index is -1.18. The first kappa shape index (κ1) is 25.2. The molecule has 0 spiro atoms. The Morgan fingerprint density at radius 3 is 2.74 bits per heavy atom. The molecule has 8 nitrogen and oxygen atoms in total. The van der Waals surface area contributed by atoms with Gasteiger partial charge in [-0.1, -0.05) is 6.07 Å². The highest BCUT2D eigenvalue weighted by Crippen LogP contribution is 2.45. The summed E-state index contributed by atoms with van der Waals surface area (Å²) in [5, 5.41) is 12.2. The molecule has 8 heteroatoms. The number of hydrogen-bond donors (Lipinski definition) is 1. The molecule has 2 aromatic heterocycles. The molecule has 200 valence electrons. The van der Waals surface area contributed by atoms with Gasteiger partial charge in [-0.15, -0.1) is 0 Å². The molecule has 0 amide bonds. The zero-order valence-corrected chi connectivity index (χ0v) is 22.9. The predicted molar refractivity (Wildman–Crippen MR) is 151 cm³/mol. The number of aliphatic imine (C=N–C) groups is 1. The molecular weight excluding hydrogens is 492 g/mol. The molecule has 0 bridgehead atoms. The van der Waals surface area contributed by atoms with Crippen molar-refractivity contribution in [1.29, 1.82) is 0 Å². The van der Waals surface area contributed by atoms with Crippen LogP contribution in [0.4, 0.5) is 0 Å². The third-order valence-electron chi connectivity index (χ3n) is 7.31. The second-order valence-electron chi connectivity index (χ2n) is 11.4. The summed E-state index contributed by atoms with van der Waals surface area (Å²) in [5.74, 6) is -0.244. The number of rotatable bonds is 5. The van der Waals surface area contributed by atoms with Crippen LogP contribution >= 0.6 is 0 Å². The molecule has 1 unspecified atom stereocenters. The molecule has 0 aliphatic carbocycles. The number of ether oxygens (including phenoxy) is 2. The van der Waals surface area contributed by atoms with Crippen LogP contribution in [0.25, 0.3) is 32.9 Å². The Labute approximate surface area is 227 Å². The van der Waals surface area contributed by atoms with Crippen LogP contribution in [0.1, 0.15) is 55.3 Å². The Morgan fingerprint density at radius 2 is 2.03 bits per heavy atom. The number of carbonyl (C=O) groups is 1. The number of pyridine rings is 2. The van der Waals surface area contributed by atoms with Crippen molar-refractivity contribution >= 4 is 34.1 Å². The van der Waals surface area contributed by atoms with Crippen molar-refractivity contribution in [3.8, 4) is 16.9 Å². The topological polar surface area (TPSA) is 97.1 Å². The van der Waals surface area contributed by atoms with Crippen molar-refractivity contribution in [1.82, 2.24) is 14.9 Å². The molecule has 0 fully saturated rings. The van der Waals surface area contributed by atoms with Gasteiger partial charge in [-0.05, 0) is 74.7 Å². The molecule has 0 saturated heterocycles. The van der Waals surface area contributed by atoms with Crippen LogP contribution in [0.2, 0.25) is 0 Å². The van der Waals surface area contributed by atoms with Gasteiger partial charge < -0.3 is 19.5 Å². The quantitative estimate of drug-likeness (QED) is 0.360. The largest absolute Gasteiger partial charge is 0.493 e. The average molecular weight is 525 g/mol. The number of fused-ring (bicyclic) bond motifs is 1. The molecule has 0 saturated carbocycles. The van der Waals surface area contributed by atoms with E-state index in [-0.39, 0.29) is 6.04 Å². The molecule has 4 heterocycles. The first-order chi connectivity index (χ1) is 18.6. The van der Waals surface area contributed by atoms with Gasteiger partial charge >= 0.3 is 5.97 Å². The van der Waals surface area contributed by atoms with Gasteiger partial charge in [0.2, 0.25) is 0 Å². The molecule has 2 aromatic carbocycles. The lowest BCUT2D eigenvalue weighted by atomic mass is 9.86. The zero-order chi connectivity index (χ0) is 27.5. The van der Waals surface area contributed by atoms with Gasteiger partial charge in [0.05, 0.1) is 35.3 Å². The van der Waals surface area contributed by atoms with Gasteiger partial charge in [-0.25, -0.2) is 4.79 Å². The summed E-state index contributed by atoms with van der Waals surface area (Å²) in [6.07, 6.45) is 3.27. The molecule has 1 N–H and O–H groups in total. The summed E-state index contributed by atoms with van der Waals surface area (Å²) in [5.41, 5.74) is 5.95. The Hall–Kier alpha value is -4.04. The first-order valence-electron chi connectivity index (χ1n) is 13.2. The van der Waals surface area contributed by atoms with Gasteiger partial charge in [0, 0.05) is 48.1 Å². The fourth-order valence-electron chi connectivity index (χ4n) is 5.67. The fraction of sp³-hybridized carbons (Fsp3) is 0.355. The van der Waals surface area contributed by atoms with Crippen molar-refractivity contribution in [2.45, 2.75) is 51.9 Å². The second-order valence-corrected chi connectivity index (χ2v) is 11.4. The lowest BCUT2D eigenvalue weighted by Crippen LogP contribution is -2.28. The van der Waals surface area contributed by atoms with E-state index in [0.29, 0.717) is 12.2 Å². The van der Waals surface area contributed by atoms with E-state index in [0.717, 1.165) is 62.9 Å². The van der Waals surface area contributed by atoms with Crippen LogP contribution < -0.4 is 4.74 Å². The van der Waals surface area contributed by atoms with Gasteiger partial charge in [0.25, 0.3) is 0 Å². The van der Waals surface area contributed by atoms with E-state index in [4.69, 9.17) is 19.4 Å². The standard InChI is InChI=1S/C31H32N4O4/c1-17-14-22-19(6-8-21(34-22)23-15-35(5)16-33-23)27(25(17)29(30(36)37)39-31(2,3)4)20-7-9-24-26-18(11-13-38-24)10-12-32-28(20)26/h6-10,12,14,16,23,29H,11,13,15H2,1-5H3,(H,36,37)/t23?,29-/m0/s1. The molecular formula is C31H32N4O4. The third-order valence-corrected chi connectivity index (χ3v) is 7.31. The highest BCUT2D eigenvalue weighted by Gasteiger charge is 2.33. The second kappa shape index (κ2) is 9.31. The Bertz CT molecular complexity index is 1650. The number of nitrogens with zero attached hydrogens (tertiary/aromatic N) is 4. The van der Waals surface area contributed by atoms with Gasteiger partial charge in [-0.2, -0.15) is 0 Å². The maximum absolute atomic E-state index is 12.7. The number of likely N-dealkylation sites (N-methyl/N-ethyl adjacent to an activating group) is 1. The number of carboxylic acid groups (broad SMARTS) is 1. The van der Waals surface area contributed by atoms with E-state index >= 15 is 0 Å². The van der Waals surface area contributed by atoms with Crippen LogP contribution in [0.3, 0.4) is 0 Å². The van der Waals surface area contributed by atoms with E-state index < -0.39 is 17.7 Å². The number of hydrogen-bond acceptors (Lipinski definition) is 7. The molecule has 6 rings (SSSR count). The maximum atomic E-state index is 12.7. The van der Waals surface area contributed by atoms with E-state index in [1.807, 2.05) is 88.6 Å². The Balaban J connectivity index is 1.67. The minimum absolute atomic E-state index is 0.0434. The van der Waals surface area contributed by atoms with Gasteiger partial charge in [0.15, 0.2) is 6.10 Å². The normalized spacial score (nSPS) is 17.6. The van der Waals surface area contributed by atoms with Crippen molar-refractivity contribution in [2.75, 3.05) is 20.2 Å². The van der Waals surface area contributed by atoms with Gasteiger partial charge in [0.1, 0.15) is 11.8 Å². The first-order valence-corrected chi connectivity index (χ1v) is 13.2. The summed E-state index contributed by atoms with van der Waals surface area (Å²) in [6, 6.07) is 11.9. The zero-order valence-electron chi connectivity index (χ0n) is 22.9. The van der Waals surface area contributed by atoms with E-state index in [2.05, 4.69) is 4.99 Å². The third kappa shape index (κ3) is 4.48. The fourth-order valence-corrected chi connectivity index (χ4v) is 5.67. The van der Waals surface area contributed by atoms with Crippen LogP contribution in [-0.4, -0.2) is 58.1 Å². The van der Waals surface area contributed by atoms with Crippen molar-refractivity contribution in [3.63, 3.8) is 0 Å². The van der Waals surface area contributed by atoms with Gasteiger partial charge in [-0.3, -0.25) is 15.0 Å². The van der Waals surface area contributed by atoms with Crippen molar-refractivity contribution in [3.05, 3.63) is 65.0 Å². The highest BCUT2D eigenvalue weighted by molar-refractivity contribution is 6.08.